The van der Waals surface area contributed by atoms with Crippen LogP contribution in [0.5, 0.6) is 0 Å². The molecule has 0 saturated heterocycles. The first-order chi connectivity index (χ1) is 46.6. The standard InChI is InChI=1S/C78H152O17P2/c1-68(2)54-46-38-30-22-15-10-9-11-19-27-36-44-52-60-77(82)94-73(64-88-75(80)58-50-42-34-26-18-13-12-16-23-31-39-47-55-69(3)4)66-92-96(84,85)90-62-72(79)63-91-97(86,87)93-67-74(65-89-76(81)59-51-43-35-29-21-25-33-41-49-57-71(7)8)95-78(83)61-53-45-37-28-20-14-17-24-32-40-48-56-70(5)6/h68-74,79H,9-67H2,1-8H3,(H,84,85)(H,86,87)/t72-,73-,74-/m1/s1. The van der Waals surface area contributed by atoms with Crippen LogP contribution in [0.2, 0.25) is 0 Å². The van der Waals surface area contributed by atoms with Crippen LogP contribution in [-0.2, 0) is 65.4 Å². The first kappa shape index (κ1) is 95.1. The number of unbranched alkanes of at least 4 members (excludes halogenated alkanes) is 41. The van der Waals surface area contributed by atoms with E-state index in [2.05, 4.69) is 55.4 Å². The minimum Gasteiger partial charge on any atom is -0.462 e. The van der Waals surface area contributed by atoms with E-state index in [9.17, 15) is 43.2 Å². The number of rotatable bonds is 75. The molecule has 0 saturated carbocycles. The van der Waals surface area contributed by atoms with Gasteiger partial charge < -0.3 is 33.8 Å². The fourth-order valence-electron chi connectivity index (χ4n) is 11.9. The Morgan fingerprint density at radius 1 is 0.258 bits per heavy atom. The average molecular weight is 1420 g/mol. The van der Waals surface area contributed by atoms with Gasteiger partial charge in [0.2, 0.25) is 0 Å². The normalized spacial score (nSPS) is 14.1. The van der Waals surface area contributed by atoms with Gasteiger partial charge in [-0.3, -0.25) is 37.3 Å². The van der Waals surface area contributed by atoms with Crippen molar-refractivity contribution < 1.29 is 80.2 Å². The van der Waals surface area contributed by atoms with Crippen LogP contribution in [0.15, 0.2) is 0 Å². The lowest BCUT2D eigenvalue weighted by molar-refractivity contribution is -0.161. The van der Waals surface area contributed by atoms with Crippen LogP contribution in [0.1, 0.15) is 396 Å². The molecule has 0 aliphatic rings. The topological polar surface area (TPSA) is 237 Å². The fraction of sp³-hybridized carbons (Fsp3) is 0.949. The van der Waals surface area contributed by atoms with Gasteiger partial charge in [-0.1, -0.05) is 344 Å². The van der Waals surface area contributed by atoms with Crippen molar-refractivity contribution in [3.63, 3.8) is 0 Å². The number of carbonyl (C=O) groups is 4. The second-order valence-corrected chi connectivity index (χ2v) is 32.9. The van der Waals surface area contributed by atoms with Crippen LogP contribution in [0.4, 0.5) is 0 Å². The zero-order valence-corrected chi connectivity index (χ0v) is 65.5. The number of hydrogen-bond acceptors (Lipinski definition) is 15. The highest BCUT2D eigenvalue weighted by Gasteiger charge is 2.30. The van der Waals surface area contributed by atoms with Crippen molar-refractivity contribution in [2.45, 2.75) is 414 Å². The Balaban J connectivity index is 5.28. The minimum atomic E-state index is -4.96. The molecule has 5 atom stereocenters. The highest BCUT2D eigenvalue weighted by molar-refractivity contribution is 7.47. The van der Waals surface area contributed by atoms with E-state index in [1.165, 1.54) is 199 Å². The molecule has 0 aliphatic heterocycles. The van der Waals surface area contributed by atoms with E-state index in [-0.39, 0.29) is 25.7 Å². The van der Waals surface area contributed by atoms with Gasteiger partial charge in [-0.15, -0.1) is 0 Å². The number of aliphatic hydroxyl groups is 1. The maximum absolute atomic E-state index is 13.1. The van der Waals surface area contributed by atoms with Gasteiger partial charge in [0.1, 0.15) is 19.3 Å². The number of hydrogen-bond donors (Lipinski definition) is 3. The third-order valence-corrected chi connectivity index (χ3v) is 20.0. The molecule has 0 fully saturated rings. The molecule has 2 unspecified atom stereocenters. The van der Waals surface area contributed by atoms with Gasteiger partial charge in [0, 0.05) is 25.7 Å². The Morgan fingerprint density at radius 2 is 0.433 bits per heavy atom. The summed E-state index contributed by atoms with van der Waals surface area (Å²) in [7, 11) is -9.92. The second kappa shape index (κ2) is 67.2. The van der Waals surface area contributed by atoms with Crippen molar-refractivity contribution in [3.8, 4) is 0 Å². The van der Waals surface area contributed by atoms with Crippen molar-refractivity contribution in [1.82, 2.24) is 0 Å². The molecular formula is C78H152O17P2. The maximum Gasteiger partial charge on any atom is 0.472 e. The molecule has 0 aromatic heterocycles. The van der Waals surface area contributed by atoms with Crippen molar-refractivity contribution in [1.29, 1.82) is 0 Å². The number of aliphatic hydroxyl groups excluding tert-OH is 1. The lowest BCUT2D eigenvalue weighted by Gasteiger charge is -2.21. The Bertz CT molecular complexity index is 1900. The summed E-state index contributed by atoms with van der Waals surface area (Å²) in [6.45, 7) is 14.2. The maximum atomic E-state index is 13.1. The Morgan fingerprint density at radius 3 is 0.639 bits per heavy atom. The highest BCUT2D eigenvalue weighted by atomic mass is 31.2. The quantitative estimate of drug-likeness (QED) is 0.0222. The zero-order valence-electron chi connectivity index (χ0n) is 63.7. The van der Waals surface area contributed by atoms with Gasteiger partial charge in [-0.25, -0.2) is 9.13 Å². The molecule has 576 valence electrons. The summed E-state index contributed by atoms with van der Waals surface area (Å²) in [4.78, 5) is 72.9. The molecule has 0 spiro atoms. The molecule has 0 bridgehead atoms. The van der Waals surface area contributed by atoms with E-state index >= 15 is 0 Å². The molecule has 17 nitrogen and oxygen atoms in total. The van der Waals surface area contributed by atoms with Crippen molar-refractivity contribution in [3.05, 3.63) is 0 Å². The van der Waals surface area contributed by atoms with Crippen LogP contribution >= 0.6 is 15.6 Å². The van der Waals surface area contributed by atoms with Gasteiger partial charge in [0.05, 0.1) is 26.4 Å². The van der Waals surface area contributed by atoms with Crippen LogP contribution < -0.4 is 0 Å². The van der Waals surface area contributed by atoms with Gasteiger partial charge in [0.15, 0.2) is 12.2 Å². The predicted octanol–water partition coefficient (Wildman–Crippen LogP) is 22.8. The third-order valence-electron chi connectivity index (χ3n) is 18.1. The molecule has 0 aromatic carbocycles. The van der Waals surface area contributed by atoms with E-state index in [0.717, 1.165) is 114 Å². The van der Waals surface area contributed by atoms with Crippen LogP contribution in [0.25, 0.3) is 0 Å². The summed E-state index contributed by atoms with van der Waals surface area (Å²) < 4.78 is 68.6. The number of ether oxygens (including phenoxy) is 4. The van der Waals surface area contributed by atoms with Crippen molar-refractivity contribution >= 4 is 39.5 Å². The van der Waals surface area contributed by atoms with Crippen LogP contribution in [0.3, 0.4) is 0 Å². The molecule has 19 heteroatoms. The van der Waals surface area contributed by atoms with Crippen LogP contribution in [0, 0.1) is 23.7 Å². The summed E-state index contributed by atoms with van der Waals surface area (Å²) >= 11 is 0. The molecule has 0 aromatic rings. The third kappa shape index (κ3) is 72.2. The van der Waals surface area contributed by atoms with Crippen LogP contribution in [-0.4, -0.2) is 96.7 Å². The average Bonchev–Trinajstić information content (AvgIpc) is 1.09. The zero-order chi connectivity index (χ0) is 71.7. The van der Waals surface area contributed by atoms with Gasteiger partial charge >= 0.3 is 39.5 Å². The predicted molar refractivity (Wildman–Crippen MR) is 395 cm³/mol. The fourth-order valence-corrected chi connectivity index (χ4v) is 13.5. The van der Waals surface area contributed by atoms with Crippen molar-refractivity contribution in [2.75, 3.05) is 39.6 Å². The molecule has 0 amide bonds. The van der Waals surface area contributed by atoms with Gasteiger partial charge in [-0.2, -0.15) is 0 Å². The van der Waals surface area contributed by atoms with E-state index in [4.69, 9.17) is 37.0 Å². The summed E-state index contributed by atoms with van der Waals surface area (Å²) in [5.74, 6) is 0.961. The lowest BCUT2D eigenvalue weighted by atomic mass is 10.0. The molecule has 0 rings (SSSR count). The van der Waals surface area contributed by atoms with Gasteiger partial charge in [-0.05, 0) is 49.4 Å². The Kier molecular flexibility index (Phi) is 65.9. The Hall–Kier alpha value is -1.94. The van der Waals surface area contributed by atoms with Gasteiger partial charge in [0.25, 0.3) is 0 Å². The van der Waals surface area contributed by atoms with E-state index < -0.39 is 97.5 Å². The first-order valence-electron chi connectivity index (χ1n) is 40.2. The van der Waals surface area contributed by atoms with E-state index in [0.29, 0.717) is 25.7 Å². The number of carbonyl (C=O) groups excluding carboxylic acids is 4. The molecule has 97 heavy (non-hydrogen) atoms. The summed E-state index contributed by atoms with van der Waals surface area (Å²) in [6.07, 6.45) is 52.6. The van der Waals surface area contributed by atoms with E-state index in [1.54, 1.807) is 0 Å². The summed E-state index contributed by atoms with van der Waals surface area (Å²) in [5, 5.41) is 10.6. The van der Waals surface area contributed by atoms with E-state index in [1.807, 2.05) is 0 Å². The largest absolute Gasteiger partial charge is 0.472 e. The van der Waals surface area contributed by atoms with Crippen molar-refractivity contribution in [2.24, 2.45) is 23.7 Å². The molecular weight excluding hydrogens is 1270 g/mol. The summed E-state index contributed by atoms with van der Waals surface area (Å²) in [6, 6.07) is 0. The smallest absolute Gasteiger partial charge is 0.462 e. The minimum absolute atomic E-state index is 0.106. The molecule has 3 N–H and O–H groups in total. The number of phosphoric acid groups is 2. The number of phosphoric ester groups is 2. The molecule has 0 aliphatic carbocycles. The Labute approximate surface area is 594 Å². The number of esters is 4. The monoisotopic (exact) mass is 1420 g/mol. The highest BCUT2D eigenvalue weighted by Crippen LogP contribution is 2.45. The lowest BCUT2D eigenvalue weighted by Crippen LogP contribution is -2.30. The SMILES string of the molecule is CC(C)CCCCCCCCCCCCCCCC(=O)O[C@H](COC(=O)CCCCCCCCCCCCCCC(C)C)COP(=O)(O)OC[C@@H](O)COP(=O)(O)OC[C@@H](COC(=O)CCCCCCCCCCCC(C)C)OC(=O)CCCCCCCCCCCCCC(C)C. The molecule has 0 heterocycles. The first-order valence-corrected chi connectivity index (χ1v) is 43.2. The summed E-state index contributed by atoms with van der Waals surface area (Å²) in [5.41, 5.74) is 0. The second-order valence-electron chi connectivity index (χ2n) is 30.0. The molecule has 0 radical (unpaired) electrons.